The number of hydrogen-bond donors (Lipinski definition) is 1. The van der Waals surface area contributed by atoms with Gasteiger partial charge in [0.15, 0.2) is 0 Å². The molecule has 0 saturated heterocycles. The van der Waals surface area contributed by atoms with E-state index < -0.39 is 21.7 Å². The molecular weight excluding hydrogens is 252 g/mol. The van der Waals surface area contributed by atoms with Crippen LogP contribution in [0.15, 0.2) is 12.7 Å². The Morgan fingerprint density at radius 1 is 1.50 bits per heavy atom. The van der Waals surface area contributed by atoms with Crippen LogP contribution in [0.2, 0.25) is 0 Å². The van der Waals surface area contributed by atoms with Crippen molar-refractivity contribution in [3.63, 3.8) is 0 Å². The Bertz CT molecular complexity index is 249. The Hall–Kier alpha value is -0.450. The van der Waals surface area contributed by atoms with Gasteiger partial charge in [-0.25, -0.2) is 4.79 Å². The topological polar surface area (TPSA) is 55.4 Å². The Labute approximate surface area is 96.1 Å². The van der Waals surface area contributed by atoms with Gasteiger partial charge in [-0.15, -0.1) is 6.58 Å². The number of ether oxygens (including phenoxy) is 1. The summed E-state index contributed by atoms with van der Waals surface area (Å²) in [4.78, 5) is 22.1. The quantitative estimate of drug-likeness (QED) is 0.471. The molecule has 0 radical (unpaired) electrons. The van der Waals surface area contributed by atoms with Gasteiger partial charge in [0.25, 0.3) is 9.70 Å². The van der Waals surface area contributed by atoms with Crippen LogP contribution in [-0.2, 0) is 14.3 Å². The van der Waals surface area contributed by atoms with Gasteiger partial charge in [-0.05, 0) is 0 Å². The van der Waals surface area contributed by atoms with E-state index in [4.69, 9.17) is 34.8 Å². The molecule has 0 fully saturated rings. The van der Waals surface area contributed by atoms with Crippen molar-refractivity contribution in [3.05, 3.63) is 12.7 Å². The summed E-state index contributed by atoms with van der Waals surface area (Å²) in [6.07, 6.45) is 1.17. The first-order valence-electron chi connectivity index (χ1n) is 3.41. The van der Waals surface area contributed by atoms with Crippen LogP contribution in [0.1, 0.15) is 0 Å². The number of carbonyl (C=O) groups is 2. The van der Waals surface area contributed by atoms with E-state index in [0.717, 1.165) is 0 Å². The van der Waals surface area contributed by atoms with E-state index in [2.05, 4.69) is 16.6 Å². The van der Waals surface area contributed by atoms with Crippen LogP contribution < -0.4 is 5.32 Å². The summed E-state index contributed by atoms with van der Waals surface area (Å²) in [5, 5.41) is 2.13. The first-order chi connectivity index (χ1) is 6.32. The van der Waals surface area contributed by atoms with Crippen LogP contribution in [0.25, 0.3) is 0 Å². The summed E-state index contributed by atoms with van der Waals surface area (Å²) in [7, 11) is 1.17. The Kier molecular flexibility index (Phi) is 5.26. The zero-order chi connectivity index (χ0) is 11.4. The Morgan fingerprint density at radius 2 is 2.00 bits per heavy atom. The van der Waals surface area contributed by atoms with Crippen LogP contribution in [0.4, 0.5) is 0 Å². The highest BCUT2D eigenvalue weighted by molar-refractivity contribution is 6.76. The minimum Gasteiger partial charge on any atom is -0.467 e. The van der Waals surface area contributed by atoms with Gasteiger partial charge >= 0.3 is 5.97 Å². The number of hydrogen-bond acceptors (Lipinski definition) is 3. The molecule has 1 unspecified atom stereocenters. The zero-order valence-electron chi connectivity index (χ0n) is 7.22. The van der Waals surface area contributed by atoms with Gasteiger partial charge in [-0.2, -0.15) is 0 Å². The maximum absolute atomic E-state index is 11.1. The maximum atomic E-state index is 11.1. The van der Waals surface area contributed by atoms with Gasteiger partial charge in [-0.1, -0.05) is 40.9 Å². The number of halogens is 3. The predicted molar refractivity (Wildman–Crippen MR) is 54.4 cm³/mol. The van der Waals surface area contributed by atoms with Gasteiger partial charge in [0, 0.05) is 0 Å². The molecule has 1 amide bonds. The standard InChI is InChI=1S/C7H8Cl3NO3/c1-3-4(5(12)14-2)11-6(13)7(8,9)10/h3-4H,1H2,2H3,(H,11,13). The Morgan fingerprint density at radius 3 is 2.29 bits per heavy atom. The van der Waals surface area contributed by atoms with Crippen LogP contribution in [0.5, 0.6) is 0 Å². The third-order valence-electron chi connectivity index (χ3n) is 1.23. The third kappa shape index (κ3) is 4.17. The lowest BCUT2D eigenvalue weighted by molar-refractivity contribution is -0.143. The van der Waals surface area contributed by atoms with E-state index in [1.54, 1.807) is 0 Å². The molecule has 0 aliphatic carbocycles. The molecule has 0 aliphatic heterocycles. The molecule has 80 valence electrons. The van der Waals surface area contributed by atoms with Crippen molar-refractivity contribution in [2.45, 2.75) is 9.83 Å². The number of rotatable bonds is 3. The highest BCUT2D eigenvalue weighted by Gasteiger charge is 2.33. The zero-order valence-corrected chi connectivity index (χ0v) is 9.49. The summed E-state index contributed by atoms with van der Waals surface area (Å²) in [5.74, 6) is -1.61. The number of alkyl halides is 3. The fourth-order valence-corrected chi connectivity index (χ4v) is 0.728. The molecule has 14 heavy (non-hydrogen) atoms. The second kappa shape index (κ2) is 5.44. The summed E-state index contributed by atoms with van der Waals surface area (Å²) < 4.78 is 2.25. The number of methoxy groups -OCH3 is 1. The van der Waals surface area contributed by atoms with E-state index >= 15 is 0 Å². The van der Waals surface area contributed by atoms with Gasteiger partial charge < -0.3 is 10.1 Å². The van der Waals surface area contributed by atoms with E-state index in [-0.39, 0.29) is 0 Å². The van der Waals surface area contributed by atoms with Crippen molar-refractivity contribution in [3.8, 4) is 0 Å². The van der Waals surface area contributed by atoms with E-state index in [9.17, 15) is 9.59 Å². The van der Waals surface area contributed by atoms with Crippen LogP contribution in [0, 0.1) is 0 Å². The highest BCUT2D eigenvalue weighted by atomic mass is 35.6. The largest absolute Gasteiger partial charge is 0.467 e. The van der Waals surface area contributed by atoms with Gasteiger partial charge in [0.1, 0.15) is 6.04 Å². The fourth-order valence-electron chi connectivity index (χ4n) is 0.564. The van der Waals surface area contributed by atoms with Crippen LogP contribution in [0.3, 0.4) is 0 Å². The molecule has 1 N–H and O–H groups in total. The first kappa shape index (κ1) is 13.5. The Balaban J connectivity index is 4.41. The smallest absolute Gasteiger partial charge is 0.332 e. The van der Waals surface area contributed by atoms with Crippen molar-refractivity contribution in [1.29, 1.82) is 0 Å². The van der Waals surface area contributed by atoms with E-state index in [0.29, 0.717) is 0 Å². The molecule has 1 atom stereocenters. The summed E-state index contributed by atoms with van der Waals surface area (Å²) in [6.45, 7) is 3.32. The lowest BCUT2D eigenvalue weighted by Gasteiger charge is -2.15. The second-order valence-electron chi connectivity index (χ2n) is 2.21. The summed E-state index contributed by atoms with van der Waals surface area (Å²) in [6, 6.07) is -1.02. The van der Waals surface area contributed by atoms with Crippen molar-refractivity contribution in [1.82, 2.24) is 5.32 Å². The highest BCUT2D eigenvalue weighted by Crippen LogP contribution is 2.25. The summed E-state index contributed by atoms with van der Waals surface area (Å²) in [5.41, 5.74) is 0. The maximum Gasteiger partial charge on any atom is 0.332 e. The molecule has 0 heterocycles. The average molecular weight is 261 g/mol. The molecule has 0 saturated carbocycles. The molecule has 0 rings (SSSR count). The minimum absolute atomic E-state index is 0.692. The van der Waals surface area contributed by atoms with E-state index in [1.165, 1.54) is 13.2 Å². The van der Waals surface area contributed by atoms with Gasteiger partial charge in [0.05, 0.1) is 7.11 Å². The molecule has 4 nitrogen and oxygen atoms in total. The number of amides is 1. The van der Waals surface area contributed by atoms with Crippen LogP contribution in [-0.4, -0.2) is 28.8 Å². The molecule has 0 bridgehead atoms. The number of esters is 1. The second-order valence-corrected chi connectivity index (χ2v) is 4.49. The average Bonchev–Trinajstić information content (AvgIpc) is 2.10. The molecule has 7 heteroatoms. The van der Waals surface area contributed by atoms with Crippen LogP contribution >= 0.6 is 34.8 Å². The van der Waals surface area contributed by atoms with Gasteiger partial charge in [0.2, 0.25) is 0 Å². The summed E-state index contributed by atoms with van der Waals surface area (Å²) >= 11 is 15.8. The van der Waals surface area contributed by atoms with Crippen molar-refractivity contribution in [2.24, 2.45) is 0 Å². The normalized spacial score (nSPS) is 12.9. The minimum atomic E-state index is -2.12. The van der Waals surface area contributed by atoms with Gasteiger partial charge in [-0.3, -0.25) is 4.79 Å². The molecular formula is C7H8Cl3NO3. The SMILES string of the molecule is C=CC(NC(=O)C(Cl)(Cl)Cl)C(=O)OC. The fraction of sp³-hybridized carbons (Fsp3) is 0.429. The van der Waals surface area contributed by atoms with Crippen molar-refractivity contribution in [2.75, 3.05) is 7.11 Å². The lowest BCUT2D eigenvalue weighted by atomic mass is 10.3. The molecule has 0 aromatic carbocycles. The number of carbonyl (C=O) groups excluding carboxylic acids is 2. The third-order valence-corrected chi connectivity index (χ3v) is 1.75. The lowest BCUT2D eigenvalue weighted by Crippen LogP contribution is -2.45. The first-order valence-corrected chi connectivity index (χ1v) is 4.54. The molecule has 0 aromatic rings. The van der Waals surface area contributed by atoms with E-state index in [1.807, 2.05) is 0 Å². The van der Waals surface area contributed by atoms with Crippen molar-refractivity contribution >= 4 is 46.7 Å². The molecule has 0 aliphatic rings. The molecule has 0 spiro atoms. The number of nitrogens with one attached hydrogen (secondary N) is 1. The molecule has 0 aromatic heterocycles. The predicted octanol–water partition coefficient (Wildman–Crippen LogP) is 1.20. The van der Waals surface area contributed by atoms with Crippen molar-refractivity contribution < 1.29 is 14.3 Å². The monoisotopic (exact) mass is 259 g/mol.